The summed E-state index contributed by atoms with van der Waals surface area (Å²) >= 11 is 0. The summed E-state index contributed by atoms with van der Waals surface area (Å²) in [6, 6.07) is 6.50. The van der Waals surface area contributed by atoms with Gasteiger partial charge in [-0.25, -0.2) is 4.39 Å². The molecule has 0 amide bonds. The monoisotopic (exact) mass is 190 g/mol. The Hall–Kier alpha value is -1.44. The van der Waals surface area contributed by atoms with Gasteiger partial charge in [0.1, 0.15) is 12.1 Å². The first-order chi connectivity index (χ1) is 6.81. The van der Waals surface area contributed by atoms with Gasteiger partial charge in [-0.1, -0.05) is 18.2 Å². The maximum Gasteiger partial charge on any atom is 0.146 e. The summed E-state index contributed by atoms with van der Waals surface area (Å²) in [7, 11) is 0. The van der Waals surface area contributed by atoms with Crippen molar-refractivity contribution in [3.63, 3.8) is 0 Å². The molecule has 0 radical (unpaired) electrons. The molecule has 1 aromatic rings. The molecule has 1 nitrogen and oxygen atoms in total. The van der Waals surface area contributed by atoms with Crippen molar-refractivity contribution in [1.29, 1.82) is 0 Å². The maximum absolute atomic E-state index is 13.2. The number of hydrogen-bond acceptors (Lipinski definition) is 1. The first-order valence-corrected chi connectivity index (χ1v) is 4.72. The molecule has 0 atom stereocenters. The van der Waals surface area contributed by atoms with Crippen LogP contribution in [0.3, 0.4) is 0 Å². The number of hydrogen-bond donors (Lipinski definition) is 0. The summed E-state index contributed by atoms with van der Waals surface area (Å²) in [5, 5.41) is 0. The Kier molecular flexibility index (Phi) is 2.44. The average molecular weight is 190 g/mol. The quantitative estimate of drug-likeness (QED) is 0.529. The fraction of sp³-hybridized carbons (Fsp3) is 0.250. The van der Waals surface area contributed by atoms with E-state index in [1.807, 2.05) is 0 Å². The zero-order valence-electron chi connectivity index (χ0n) is 7.74. The summed E-state index contributed by atoms with van der Waals surface area (Å²) in [5.74, 6) is 0.0969. The van der Waals surface area contributed by atoms with E-state index in [9.17, 15) is 9.18 Å². The Labute approximate surface area is 82.3 Å². The van der Waals surface area contributed by atoms with Gasteiger partial charge in [-0.3, -0.25) is 4.79 Å². The molecule has 1 fully saturated rings. The van der Waals surface area contributed by atoms with Crippen LogP contribution in [0.15, 0.2) is 29.8 Å². The molecule has 1 saturated carbocycles. The van der Waals surface area contributed by atoms with Crippen LogP contribution in [0.1, 0.15) is 18.4 Å². The molecular weight excluding hydrogens is 179 g/mol. The van der Waals surface area contributed by atoms with E-state index in [1.54, 1.807) is 24.3 Å². The molecule has 0 saturated heterocycles. The molecule has 2 heteroatoms. The standard InChI is InChI=1S/C12H11FO/c13-12-4-2-1-3-10(12)7-11(8-14)9-5-6-9/h1-4,7-9H,5-6H2/b11-7+. The number of halogens is 1. The predicted molar refractivity (Wildman–Crippen MR) is 53.2 cm³/mol. The number of rotatable bonds is 3. The van der Waals surface area contributed by atoms with Crippen molar-refractivity contribution in [3.8, 4) is 0 Å². The highest BCUT2D eigenvalue weighted by Gasteiger charge is 2.25. The second-order valence-electron chi connectivity index (χ2n) is 3.56. The Morgan fingerprint density at radius 1 is 1.36 bits per heavy atom. The van der Waals surface area contributed by atoms with Gasteiger partial charge in [-0.05, 0) is 36.5 Å². The van der Waals surface area contributed by atoms with E-state index in [1.165, 1.54) is 6.07 Å². The molecule has 1 aromatic carbocycles. The first kappa shape index (κ1) is 9.13. The van der Waals surface area contributed by atoms with E-state index in [2.05, 4.69) is 0 Å². The maximum atomic E-state index is 13.2. The second-order valence-corrected chi connectivity index (χ2v) is 3.56. The Morgan fingerprint density at radius 3 is 2.64 bits per heavy atom. The molecule has 0 heterocycles. The molecule has 1 aliphatic carbocycles. The van der Waals surface area contributed by atoms with Gasteiger partial charge >= 0.3 is 0 Å². The topological polar surface area (TPSA) is 17.1 Å². The lowest BCUT2D eigenvalue weighted by atomic mass is 10.1. The highest BCUT2D eigenvalue weighted by Crippen LogP contribution is 2.36. The van der Waals surface area contributed by atoms with Gasteiger partial charge in [0.2, 0.25) is 0 Å². The van der Waals surface area contributed by atoms with Crippen LogP contribution in [0.2, 0.25) is 0 Å². The van der Waals surface area contributed by atoms with Gasteiger partial charge in [-0.15, -0.1) is 0 Å². The van der Waals surface area contributed by atoms with E-state index >= 15 is 0 Å². The normalized spacial score (nSPS) is 16.8. The van der Waals surface area contributed by atoms with E-state index in [-0.39, 0.29) is 5.82 Å². The Morgan fingerprint density at radius 2 is 2.07 bits per heavy atom. The summed E-state index contributed by atoms with van der Waals surface area (Å²) in [5.41, 5.74) is 1.22. The van der Waals surface area contributed by atoms with Gasteiger partial charge in [0.05, 0.1) is 0 Å². The SMILES string of the molecule is O=C/C(=C\c1ccccc1F)C1CC1. The van der Waals surface area contributed by atoms with Crippen molar-refractivity contribution >= 4 is 12.4 Å². The van der Waals surface area contributed by atoms with Crippen LogP contribution in [0.25, 0.3) is 6.08 Å². The minimum atomic E-state index is -0.271. The molecule has 0 aromatic heterocycles. The number of carbonyl (C=O) groups excluding carboxylic acids is 1. The van der Waals surface area contributed by atoms with Gasteiger partial charge in [0.15, 0.2) is 0 Å². The molecular formula is C12H11FO. The summed E-state index contributed by atoms with van der Waals surface area (Å²) in [6.07, 6.45) is 4.60. The number of allylic oxidation sites excluding steroid dienone is 1. The highest BCUT2D eigenvalue weighted by atomic mass is 19.1. The second kappa shape index (κ2) is 3.74. The lowest BCUT2D eigenvalue weighted by Crippen LogP contribution is -1.89. The van der Waals surface area contributed by atoms with E-state index in [4.69, 9.17) is 0 Å². The third-order valence-electron chi connectivity index (χ3n) is 2.41. The van der Waals surface area contributed by atoms with Crippen LogP contribution in [-0.2, 0) is 4.79 Å². The zero-order valence-corrected chi connectivity index (χ0v) is 7.74. The Balaban J connectivity index is 2.30. The average Bonchev–Trinajstić information content (AvgIpc) is 3.00. The van der Waals surface area contributed by atoms with Crippen molar-refractivity contribution in [1.82, 2.24) is 0 Å². The van der Waals surface area contributed by atoms with E-state index in [0.29, 0.717) is 11.5 Å². The largest absolute Gasteiger partial charge is 0.298 e. The van der Waals surface area contributed by atoms with Crippen LogP contribution in [0.5, 0.6) is 0 Å². The third-order valence-corrected chi connectivity index (χ3v) is 2.41. The minimum absolute atomic E-state index is 0.271. The predicted octanol–water partition coefficient (Wildman–Crippen LogP) is 2.82. The van der Waals surface area contributed by atoms with Crippen molar-refractivity contribution in [2.45, 2.75) is 12.8 Å². The van der Waals surface area contributed by atoms with Crippen molar-refractivity contribution in [3.05, 3.63) is 41.2 Å². The fourth-order valence-corrected chi connectivity index (χ4v) is 1.44. The van der Waals surface area contributed by atoms with Crippen LogP contribution in [0, 0.1) is 11.7 Å². The molecule has 0 bridgehead atoms. The smallest absolute Gasteiger partial charge is 0.146 e. The molecule has 1 aliphatic rings. The van der Waals surface area contributed by atoms with Crippen LogP contribution in [-0.4, -0.2) is 6.29 Å². The molecule has 72 valence electrons. The van der Waals surface area contributed by atoms with Crippen molar-refractivity contribution in [2.75, 3.05) is 0 Å². The minimum Gasteiger partial charge on any atom is -0.298 e. The first-order valence-electron chi connectivity index (χ1n) is 4.72. The number of benzene rings is 1. The number of aldehydes is 1. The molecule has 0 spiro atoms. The summed E-state index contributed by atoms with van der Waals surface area (Å²) < 4.78 is 13.2. The number of carbonyl (C=O) groups is 1. The fourth-order valence-electron chi connectivity index (χ4n) is 1.44. The van der Waals surface area contributed by atoms with Crippen molar-refractivity contribution < 1.29 is 9.18 Å². The molecule has 2 rings (SSSR count). The van der Waals surface area contributed by atoms with Gasteiger partial charge in [0, 0.05) is 5.56 Å². The van der Waals surface area contributed by atoms with Crippen LogP contribution < -0.4 is 0 Å². The molecule has 14 heavy (non-hydrogen) atoms. The third kappa shape index (κ3) is 1.90. The van der Waals surface area contributed by atoms with Crippen molar-refractivity contribution in [2.24, 2.45) is 5.92 Å². The summed E-state index contributed by atoms with van der Waals surface area (Å²) in [6.45, 7) is 0. The van der Waals surface area contributed by atoms with Gasteiger partial charge in [0.25, 0.3) is 0 Å². The molecule has 0 unspecified atom stereocenters. The van der Waals surface area contributed by atoms with Gasteiger partial charge in [-0.2, -0.15) is 0 Å². The van der Waals surface area contributed by atoms with E-state index in [0.717, 1.165) is 24.7 Å². The highest BCUT2D eigenvalue weighted by molar-refractivity contribution is 5.83. The van der Waals surface area contributed by atoms with Crippen LogP contribution >= 0.6 is 0 Å². The Bertz CT molecular complexity index is 378. The molecule has 0 aliphatic heterocycles. The zero-order chi connectivity index (χ0) is 9.97. The lowest BCUT2D eigenvalue weighted by molar-refractivity contribution is -0.105. The molecule has 0 N–H and O–H groups in total. The summed E-state index contributed by atoms with van der Waals surface area (Å²) in [4.78, 5) is 10.7. The lowest BCUT2D eigenvalue weighted by Gasteiger charge is -1.98. The van der Waals surface area contributed by atoms with E-state index < -0.39 is 0 Å². The van der Waals surface area contributed by atoms with Crippen LogP contribution in [0.4, 0.5) is 4.39 Å². The van der Waals surface area contributed by atoms with Gasteiger partial charge < -0.3 is 0 Å².